The van der Waals surface area contributed by atoms with E-state index in [1.807, 2.05) is 14.0 Å². The van der Waals surface area contributed by atoms with Crippen LogP contribution in [-0.4, -0.2) is 37.6 Å². The Hall–Kier alpha value is -0.570. The molecule has 0 aliphatic carbocycles. The van der Waals surface area contributed by atoms with Gasteiger partial charge in [0.1, 0.15) is 0 Å². The molecule has 0 atom stereocenters. The summed E-state index contributed by atoms with van der Waals surface area (Å²) in [5, 5.41) is 0. The van der Waals surface area contributed by atoms with Gasteiger partial charge in [0.25, 0.3) is 0 Å². The second-order valence-electron chi connectivity index (χ2n) is 2.80. The van der Waals surface area contributed by atoms with Gasteiger partial charge in [0, 0.05) is 6.42 Å². The molecule has 0 saturated heterocycles. The highest BCUT2D eigenvalue weighted by molar-refractivity contribution is 5.69. The van der Waals surface area contributed by atoms with Crippen molar-refractivity contribution < 1.29 is 9.53 Å². The normalized spacial score (nSPS) is 10.3. The van der Waals surface area contributed by atoms with Crippen LogP contribution < -0.4 is 0 Å². The number of carbonyl (C=O) groups is 1. The summed E-state index contributed by atoms with van der Waals surface area (Å²) in [4.78, 5) is 13.1. The van der Waals surface area contributed by atoms with Crippen molar-refractivity contribution in [3.05, 3.63) is 0 Å². The molecule has 0 fully saturated rings. The van der Waals surface area contributed by atoms with Crippen molar-refractivity contribution in [2.24, 2.45) is 0 Å². The number of hydrogen-bond donors (Lipinski definition) is 0. The predicted octanol–water partition coefficient (Wildman–Crippen LogP) is 1.28. The van der Waals surface area contributed by atoms with E-state index in [1.165, 1.54) is 0 Å². The summed E-state index contributed by atoms with van der Waals surface area (Å²) in [5.74, 6) is -0.0815. The van der Waals surface area contributed by atoms with Crippen LogP contribution in [0.1, 0.15) is 26.7 Å². The standard InChI is InChI=1S/C9H19NO2/c1-4-10(3)8-6-7-9(11)12-5-2/h4-8H2,1-3H3. The second kappa shape index (κ2) is 7.10. The molecular formula is C9H19NO2. The van der Waals surface area contributed by atoms with Gasteiger partial charge >= 0.3 is 5.97 Å². The van der Waals surface area contributed by atoms with E-state index in [2.05, 4.69) is 11.8 Å². The van der Waals surface area contributed by atoms with Gasteiger partial charge < -0.3 is 9.64 Å². The molecule has 12 heavy (non-hydrogen) atoms. The van der Waals surface area contributed by atoms with Crippen LogP contribution in [0.25, 0.3) is 0 Å². The van der Waals surface area contributed by atoms with Crippen molar-refractivity contribution in [1.29, 1.82) is 0 Å². The van der Waals surface area contributed by atoms with E-state index in [-0.39, 0.29) is 5.97 Å². The molecule has 0 aliphatic heterocycles. The van der Waals surface area contributed by atoms with Gasteiger partial charge in [0.05, 0.1) is 6.61 Å². The Labute approximate surface area is 74.7 Å². The maximum absolute atomic E-state index is 10.9. The predicted molar refractivity (Wildman–Crippen MR) is 49.0 cm³/mol. The minimum absolute atomic E-state index is 0.0815. The molecule has 3 heteroatoms. The topological polar surface area (TPSA) is 29.5 Å². The average Bonchev–Trinajstić information content (AvgIpc) is 2.04. The van der Waals surface area contributed by atoms with Gasteiger partial charge in [-0.1, -0.05) is 6.92 Å². The van der Waals surface area contributed by atoms with Crippen LogP contribution in [0.15, 0.2) is 0 Å². The largest absolute Gasteiger partial charge is 0.466 e. The summed E-state index contributed by atoms with van der Waals surface area (Å²) in [6, 6.07) is 0. The molecule has 0 aliphatic rings. The van der Waals surface area contributed by atoms with Crippen molar-refractivity contribution in [2.45, 2.75) is 26.7 Å². The number of hydrogen-bond acceptors (Lipinski definition) is 3. The fourth-order valence-corrected chi connectivity index (χ4v) is 0.885. The van der Waals surface area contributed by atoms with Crippen molar-refractivity contribution in [2.75, 3.05) is 26.7 Å². The third-order valence-electron chi connectivity index (χ3n) is 1.77. The second-order valence-corrected chi connectivity index (χ2v) is 2.80. The lowest BCUT2D eigenvalue weighted by molar-refractivity contribution is -0.143. The molecule has 72 valence electrons. The maximum atomic E-state index is 10.9. The Kier molecular flexibility index (Phi) is 6.76. The third-order valence-corrected chi connectivity index (χ3v) is 1.77. The Morgan fingerprint density at radius 1 is 1.42 bits per heavy atom. The molecule has 0 spiro atoms. The maximum Gasteiger partial charge on any atom is 0.305 e. The molecule has 0 bridgehead atoms. The van der Waals surface area contributed by atoms with Gasteiger partial charge in [-0.05, 0) is 33.5 Å². The first-order valence-corrected chi connectivity index (χ1v) is 4.54. The highest BCUT2D eigenvalue weighted by Crippen LogP contribution is 1.94. The summed E-state index contributed by atoms with van der Waals surface area (Å²) in [6.45, 7) is 6.42. The van der Waals surface area contributed by atoms with Gasteiger partial charge in [-0.2, -0.15) is 0 Å². The van der Waals surface area contributed by atoms with E-state index in [9.17, 15) is 4.79 Å². The summed E-state index contributed by atoms with van der Waals surface area (Å²) >= 11 is 0. The smallest absolute Gasteiger partial charge is 0.305 e. The number of ether oxygens (including phenoxy) is 1. The average molecular weight is 173 g/mol. The highest BCUT2D eigenvalue weighted by Gasteiger charge is 2.01. The monoisotopic (exact) mass is 173 g/mol. The zero-order chi connectivity index (χ0) is 9.40. The van der Waals surface area contributed by atoms with Crippen LogP contribution in [0.3, 0.4) is 0 Å². The fraction of sp³-hybridized carbons (Fsp3) is 0.889. The molecule has 0 aromatic heterocycles. The number of nitrogens with zero attached hydrogens (tertiary/aromatic N) is 1. The molecule has 0 aromatic rings. The zero-order valence-electron chi connectivity index (χ0n) is 8.30. The molecular weight excluding hydrogens is 154 g/mol. The van der Waals surface area contributed by atoms with Crippen molar-refractivity contribution in [3.63, 3.8) is 0 Å². The molecule has 0 aromatic carbocycles. The van der Waals surface area contributed by atoms with E-state index >= 15 is 0 Å². The van der Waals surface area contributed by atoms with Gasteiger partial charge in [-0.15, -0.1) is 0 Å². The van der Waals surface area contributed by atoms with Crippen LogP contribution in [0.5, 0.6) is 0 Å². The van der Waals surface area contributed by atoms with Crippen LogP contribution in [0.2, 0.25) is 0 Å². The fourth-order valence-electron chi connectivity index (χ4n) is 0.885. The SMILES string of the molecule is CCOC(=O)CCCN(C)CC. The lowest BCUT2D eigenvalue weighted by Crippen LogP contribution is -2.19. The van der Waals surface area contributed by atoms with Gasteiger partial charge in [0.15, 0.2) is 0 Å². The first-order valence-electron chi connectivity index (χ1n) is 4.54. The molecule has 0 radical (unpaired) electrons. The molecule has 0 rings (SSSR count). The van der Waals surface area contributed by atoms with Crippen LogP contribution in [0, 0.1) is 0 Å². The van der Waals surface area contributed by atoms with Crippen LogP contribution in [-0.2, 0) is 9.53 Å². The van der Waals surface area contributed by atoms with Gasteiger partial charge in [0.2, 0.25) is 0 Å². The van der Waals surface area contributed by atoms with E-state index in [0.717, 1.165) is 19.5 Å². The third kappa shape index (κ3) is 6.16. The lowest BCUT2D eigenvalue weighted by atomic mass is 10.3. The molecule has 0 unspecified atom stereocenters. The Morgan fingerprint density at radius 3 is 2.58 bits per heavy atom. The molecule has 0 amide bonds. The van der Waals surface area contributed by atoms with Crippen molar-refractivity contribution >= 4 is 5.97 Å². The van der Waals surface area contributed by atoms with E-state index in [0.29, 0.717) is 13.0 Å². The lowest BCUT2D eigenvalue weighted by Gasteiger charge is -2.12. The van der Waals surface area contributed by atoms with E-state index in [1.54, 1.807) is 0 Å². The number of rotatable bonds is 6. The summed E-state index contributed by atoms with van der Waals surface area (Å²) < 4.78 is 4.80. The zero-order valence-corrected chi connectivity index (χ0v) is 8.30. The van der Waals surface area contributed by atoms with Gasteiger partial charge in [-0.25, -0.2) is 0 Å². The van der Waals surface area contributed by atoms with Crippen LogP contribution in [0.4, 0.5) is 0 Å². The van der Waals surface area contributed by atoms with Crippen molar-refractivity contribution in [3.8, 4) is 0 Å². The quantitative estimate of drug-likeness (QED) is 0.567. The molecule has 3 nitrogen and oxygen atoms in total. The molecule has 0 saturated carbocycles. The molecule has 0 heterocycles. The van der Waals surface area contributed by atoms with E-state index in [4.69, 9.17) is 4.74 Å². The Bertz CT molecular complexity index is 126. The van der Waals surface area contributed by atoms with Crippen molar-refractivity contribution in [1.82, 2.24) is 4.90 Å². The first-order chi connectivity index (χ1) is 5.70. The summed E-state index contributed by atoms with van der Waals surface area (Å²) in [5.41, 5.74) is 0. The Morgan fingerprint density at radius 2 is 2.08 bits per heavy atom. The van der Waals surface area contributed by atoms with Crippen LogP contribution >= 0.6 is 0 Å². The Balaban J connectivity index is 3.24. The first kappa shape index (κ1) is 11.4. The molecule has 0 N–H and O–H groups in total. The van der Waals surface area contributed by atoms with E-state index < -0.39 is 0 Å². The minimum atomic E-state index is -0.0815. The summed E-state index contributed by atoms with van der Waals surface area (Å²) in [6.07, 6.45) is 1.43. The number of esters is 1. The summed E-state index contributed by atoms with van der Waals surface area (Å²) in [7, 11) is 2.05. The van der Waals surface area contributed by atoms with Gasteiger partial charge in [-0.3, -0.25) is 4.79 Å². The number of carbonyl (C=O) groups excluding carboxylic acids is 1. The highest BCUT2D eigenvalue weighted by atomic mass is 16.5. The minimum Gasteiger partial charge on any atom is -0.466 e.